The van der Waals surface area contributed by atoms with Crippen molar-refractivity contribution in [2.75, 3.05) is 36.5 Å². The van der Waals surface area contributed by atoms with E-state index in [1.165, 1.54) is 12.3 Å². The Balaban J connectivity index is 1.72. The van der Waals surface area contributed by atoms with Gasteiger partial charge in [0.15, 0.2) is 0 Å². The average molecular weight is 519 g/mol. The van der Waals surface area contributed by atoms with Crippen molar-refractivity contribution < 1.29 is 36.2 Å². The first-order valence-corrected chi connectivity index (χ1v) is 11.1. The van der Waals surface area contributed by atoms with E-state index in [1.54, 1.807) is 12.1 Å². The molecule has 4 rings (SSSR count). The molecule has 1 aliphatic heterocycles. The molecule has 3 aromatic rings. The van der Waals surface area contributed by atoms with E-state index in [4.69, 9.17) is 4.74 Å². The maximum absolute atomic E-state index is 13.3. The molecule has 1 unspecified atom stereocenters. The second-order valence-corrected chi connectivity index (χ2v) is 8.89. The van der Waals surface area contributed by atoms with Crippen LogP contribution in [0.1, 0.15) is 17.6 Å². The number of halogens is 6. The number of nitrogens with zero attached hydrogens (tertiary/aromatic N) is 4. The lowest BCUT2D eigenvalue weighted by molar-refractivity contribution is -0.258. The number of hydrogen-bond donors (Lipinski definition) is 2. The molecular formula is C21H19F6N5O2S. The van der Waals surface area contributed by atoms with Crippen LogP contribution in [0.25, 0.3) is 10.4 Å². The summed E-state index contributed by atoms with van der Waals surface area (Å²) in [6, 6.07) is 5.68. The van der Waals surface area contributed by atoms with Gasteiger partial charge in [-0.2, -0.15) is 26.3 Å². The van der Waals surface area contributed by atoms with Crippen molar-refractivity contribution in [3.63, 3.8) is 0 Å². The van der Waals surface area contributed by atoms with Crippen LogP contribution in [0.3, 0.4) is 0 Å². The number of hydrogen-bond acceptors (Lipinski definition) is 8. The predicted octanol–water partition coefficient (Wildman–Crippen LogP) is 4.97. The van der Waals surface area contributed by atoms with Crippen LogP contribution in [0, 0.1) is 0 Å². The Morgan fingerprint density at radius 3 is 2.43 bits per heavy atom. The lowest BCUT2D eigenvalue weighted by Crippen LogP contribution is -2.39. The normalized spacial score (nSPS) is 16.7. The number of rotatable bonds is 5. The molecule has 14 heteroatoms. The molecule has 7 nitrogen and oxygen atoms in total. The molecule has 2 aromatic heterocycles. The Labute approximate surface area is 199 Å². The van der Waals surface area contributed by atoms with Crippen LogP contribution < -0.4 is 10.2 Å². The molecule has 1 saturated heterocycles. The van der Waals surface area contributed by atoms with Gasteiger partial charge in [0.25, 0.3) is 0 Å². The molecule has 0 saturated carbocycles. The maximum Gasteiger partial charge on any atom is 0.433 e. The summed E-state index contributed by atoms with van der Waals surface area (Å²) < 4.78 is 84.2. The summed E-state index contributed by atoms with van der Waals surface area (Å²) >= 11 is 0.664. The molecule has 188 valence electrons. The zero-order valence-corrected chi connectivity index (χ0v) is 18.9. The maximum atomic E-state index is 13.3. The van der Waals surface area contributed by atoms with E-state index in [0.717, 1.165) is 12.3 Å². The molecule has 2 N–H and O–H groups in total. The summed E-state index contributed by atoms with van der Waals surface area (Å²) in [5, 5.41) is 12.2. The Morgan fingerprint density at radius 1 is 1.06 bits per heavy atom. The van der Waals surface area contributed by atoms with Gasteiger partial charge in [-0.3, -0.25) is 0 Å². The molecule has 0 aliphatic carbocycles. The van der Waals surface area contributed by atoms with Gasteiger partial charge in [0.1, 0.15) is 10.7 Å². The van der Waals surface area contributed by atoms with E-state index in [1.807, 2.05) is 4.90 Å². The van der Waals surface area contributed by atoms with Crippen molar-refractivity contribution in [1.29, 1.82) is 0 Å². The van der Waals surface area contributed by atoms with Gasteiger partial charge in [0.2, 0.25) is 11.5 Å². The Kier molecular flexibility index (Phi) is 6.64. The molecule has 0 spiro atoms. The van der Waals surface area contributed by atoms with Crippen molar-refractivity contribution >= 4 is 28.7 Å². The van der Waals surface area contributed by atoms with Gasteiger partial charge in [-0.1, -0.05) is 0 Å². The quantitative estimate of drug-likeness (QED) is 0.461. The summed E-state index contributed by atoms with van der Waals surface area (Å²) in [5.74, 6) is -0.296. The van der Waals surface area contributed by atoms with Gasteiger partial charge < -0.3 is 20.1 Å². The minimum absolute atomic E-state index is 0.296. The number of benzene rings is 1. The zero-order chi connectivity index (χ0) is 25.4. The fraction of sp³-hybridized carbons (Fsp3) is 0.381. The first-order valence-electron chi connectivity index (χ1n) is 10.3. The number of ether oxygens (including phenoxy) is 1. The van der Waals surface area contributed by atoms with Crippen LogP contribution in [0.4, 0.5) is 43.7 Å². The minimum atomic E-state index is -4.93. The second-order valence-electron chi connectivity index (χ2n) is 7.86. The number of alkyl halides is 6. The summed E-state index contributed by atoms with van der Waals surface area (Å²) in [7, 11) is 0. The number of morpholine rings is 1. The lowest BCUT2D eigenvalue weighted by Gasteiger charge is -2.29. The van der Waals surface area contributed by atoms with Crippen molar-refractivity contribution in [3.05, 3.63) is 47.4 Å². The molecule has 0 radical (unpaired) electrons. The van der Waals surface area contributed by atoms with E-state index >= 15 is 0 Å². The van der Waals surface area contributed by atoms with Crippen LogP contribution in [0.5, 0.6) is 0 Å². The van der Waals surface area contributed by atoms with E-state index < -0.39 is 28.7 Å². The topological polar surface area (TPSA) is 83.4 Å². The highest BCUT2D eigenvalue weighted by atomic mass is 32.1. The Bertz CT molecular complexity index is 1190. The zero-order valence-electron chi connectivity index (χ0n) is 18.1. The predicted molar refractivity (Wildman–Crippen MR) is 117 cm³/mol. The van der Waals surface area contributed by atoms with Gasteiger partial charge in [-0.25, -0.2) is 15.0 Å². The highest BCUT2D eigenvalue weighted by molar-refractivity contribution is 7.15. The monoisotopic (exact) mass is 519 g/mol. The highest BCUT2D eigenvalue weighted by Crippen LogP contribution is 2.42. The van der Waals surface area contributed by atoms with Gasteiger partial charge in [0, 0.05) is 36.9 Å². The third kappa shape index (κ3) is 5.49. The van der Waals surface area contributed by atoms with E-state index in [9.17, 15) is 31.4 Å². The van der Waals surface area contributed by atoms with Crippen molar-refractivity contribution in [2.45, 2.75) is 24.9 Å². The van der Waals surface area contributed by atoms with Gasteiger partial charge >= 0.3 is 12.4 Å². The summed E-state index contributed by atoms with van der Waals surface area (Å²) in [6.07, 6.45) is -7.40. The Morgan fingerprint density at radius 2 is 1.77 bits per heavy atom. The average Bonchev–Trinajstić information content (AvgIpc) is 3.30. The molecule has 0 bridgehead atoms. The van der Waals surface area contributed by atoms with Crippen LogP contribution >= 0.6 is 11.3 Å². The van der Waals surface area contributed by atoms with E-state index in [0.29, 0.717) is 66.4 Å². The first-order chi connectivity index (χ1) is 16.3. The molecule has 3 heterocycles. The fourth-order valence-corrected chi connectivity index (χ4v) is 4.26. The Hall–Kier alpha value is -2.97. The standard InChI is InChI=1S/C21H19F6N5O2S/c1-19(33,21(25,26)27)17-29-11-15(35-17)12-8-13(10-14(9-12)32-4-6-34-7-5-32)30-18-28-3-2-16(31-18)20(22,23)24/h2-3,8-11,33H,4-7H2,1H3,(H,28,30,31). The fourth-order valence-electron chi connectivity index (χ4n) is 3.29. The number of nitrogens with one attached hydrogen (secondary N) is 1. The van der Waals surface area contributed by atoms with Gasteiger partial charge in [0.05, 0.1) is 18.1 Å². The first kappa shape index (κ1) is 25.1. The van der Waals surface area contributed by atoms with Crippen molar-refractivity contribution in [3.8, 4) is 10.4 Å². The molecule has 1 aromatic carbocycles. The SMILES string of the molecule is CC(O)(c1ncc(-c2cc(Nc3nccc(C(F)(F)F)n3)cc(N3CCOCC3)c2)s1)C(F)(F)F. The number of anilines is 3. The van der Waals surface area contributed by atoms with Gasteiger partial charge in [-0.05, 0) is 36.8 Å². The van der Waals surface area contributed by atoms with E-state index in [2.05, 4.69) is 20.3 Å². The molecule has 1 aliphatic rings. The molecule has 35 heavy (non-hydrogen) atoms. The van der Waals surface area contributed by atoms with Crippen molar-refractivity contribution in [1.82, 2.24) is 15.0 Å². The van der Waals surface area contributed by atoms with Gasteiger partial charge in [-0.15, -0.1) is 11.3 Å². The number of thiazole rings is 1. The molecule has 1 fully saturated rings. The summed E-state index contributed by atoms with van der Waals surface area (Å²) in [6.45, 7) is 2.63. The number of aromatic nitrogens is 3. The summed E-state index contributed by atoms with van der Waals surface area (Å²) in [4.78, 5) is 13.4. The van der Waals surface area contributed by atoms with Crippen LogP contribution in [0.15, 0.2) is 36.7 Å². The van der Waals surface area contributed by atoms with E-state index in [-0.39, 0.29) is 5.95 Å². The lowest BCUT2D eigenvalue weighted by atomic mass is 10.1. The summed E-state index contributed by atoms with van der Waals surface area (Å²) in [5.41, 5.74) is -2.82. The van der Waals surface area contributed by atoms with Crippen molar-refractivity contribution in [2.24, 2.45) is 0 Å². The van der Waals surface area contributed by atoms with Crippen LogP contribution in [-0.2, 0) is 16.5 Å². The third-order valence-electron chi connectivity index (χ3n) is 5.25. The second kappa shape index (κ2) is 9.24. The number of aliphatic hydroxyl groups is 1. The third-order valence-corrected chi connectivity index (χ3v) is 6.51. The smallest absolute Gasteiger partial charge is 0.378 e. The molecular weight excluding hydrogens is 500 g/mol. The minimum Gasteiger partial charge on any atom is -0.378 e. The van der Waals surface area contributed by atoms with Crippen LogP contribution in [-0.4, -0.2) is 52.5 Å². The van der Waals surface area contributed by atoms with Crippen LogP contribution in [0.2, 0.25) is 0 Å². The highest BCUT2D eigenvalue weighted by Gasteiger charge is 2.53. The molecule has 0 amide bonds. The largest absolute Gasteiger partial charge is 0.433 e. The molecule has 1 atom stereocenters.